The second-order valence-electron chi connectivity index (χ2n) is 5.15. The van der Waals surface area contributed by atoms with E-state index in [9.17, 15) is 0 Å². The van der Waals surface area contributed by atoms with Crippen LogP contribution in [0.25, 0.3) is 0 Å². The molecule has 4 nitrogen and oxygen atoms in total. The predicted molar refractivity (Wildman–Crippen MR) is 65.9 cm³/mol. The van der Waals surface area contributed by atoms with Crippen molar-refractivity contribution in [3.8, 4) is 0 Å². The molecule has 16 heavy (non-hydrogen) atoms. The average Bonchev–Trinajstić information content (AvgIpc) is 2.59. The van der Waals surface area contributed by atoms with Crippen molar-refractivity contribution in [3.63, 3.8) is 0 Å². The molecule has 0 unspecified atom stereocenters. The van der Waals surface area contributed by atoms with E-state index in [1.165, 1.54) is 6.42 Å². The van der Waals surface area contributed by atoms with Crippen molar-refractivity contribution in [3.05, 3.63) is 24.0 Å². The third-order valence-corrected chi connectivity index (χ3v) is 3.07. The van der Waals surface area contributed by atoms with E-state index in [2.05, 4.69) is 23.7 Å². The normalized spacial score (nSPS) is 18.8. The number of anilines is 1. The Morgan fingerprint density at radius 2 is 2.25 bits per heavy atom. The maximum absolute atomic E-state index is 7.28. The number of nitrogen functional groups attached to an aromatic ring is 1. The van der Waals surface area contributed by atoms with Crippen LogP contribution in [0.3, 0.4) is 0 Å². The van der Waals surface area contributed by atoms with Crippen LogP contribution in [0.15, 0.2) is 18.3 Å². The molecule has 4 heteroatoms. The number of hydrogen-bond acceptors (Lipinski definition) is 3. The summed E-state index contributed by atoms with van der Waals surface area (Å²) in [5, 5.41) is 7.28. The quantitative estimate of drug-likeness (QED) is 0.585. The summed E-state index contributed by atoms with van der Waals surface area (Å²) in [6.45, 7) is 6.71. The number of amidine groups is 1. The van der Waals surface area contributed by atoms with Gasteiger partial charge in [0.05, 0.1) is 11.9 Å². The van der Waals surface area contributed by atoms with Gasteiger partial charge in [0, 0.05) is 13.1 Å². The van der Waals surface area contributed by atoms with Crippen LogP contribution in [-0.4, -0.2) is 23.9 Å². The van der Waals surface area contributed by atoms with Crippen molar-refractivity contribution in [2.45, 2.75) is 20.3 Å². The van der Waals surface area contributed by atoms with Crippen LogP contribution in [0.5, 0.6) is 0 Å². The molecule has 1 aliphatic heterocycles. The molecule has 0 radical (unpaired) electrons. The Labute approximate surface area is 96.0 Å². The van der Waals surface area contributed by atoms with Crippen molar-refractivity contribution in [1.82, 2.24) is 4.98 Å². The van der Waals surface area contributed by atoms with Crippen LogP contribution in [0, 0.1) is 10.8 Å². The first-order valence-corrected chi connectivity index (χ1v) is 5.53. The number of nitrogens with two attached hydrogens (primary N) is 1. The van der Waals surface area contributed by atoms with Crippen molar-refractivity contribution >= 4 is 11.5 Å². The first-order valence-electron chi connectivity index (χ1n) is 5.53. The van der Waals surface area contributed by atoms with Gasteiger partial charge >= 0.3 is 0 Å². The molecule has 0 bridgehead atoms. The zero-order valence-corrected chi connectivity index (χ0v) is 9.83. The van der Waals surface area contributed by atoms with Crippen LogP contribution in [0.2, 0.25) is 0 Å². The van der Waals surface area contributed by atoms with E-state index in [-0.39, 0.29) is 5.84 Å². The SMILES string of the molecule is CC1(C)CCN(c2ccc(C(=N)N)nc2)C1. The van der Waals surface area contributed by atoms with Crippen molar-refractivity contribution in [2.24, 2.45) is 11.1 Å². The van der Waals surface area contributed by atoms with E-state index >= 15 is 0 Å². The van der Waals surface area contributed by atoms with Gasteiger partial charge in [-0.15, -0.1) is 0 Å². The number of rotatable bonds is 2. The first-order chi connectivity index (χ1) is 7.48. The molecule has 2 heterocycles. The molecule has 1 saturated heterocycles. The predicted octanol–water partition coefficient (Wildman–Crippen LogP) is 1.60. The minimum absolute atomic E-state index is 0.0216. The van der Waals surface area contributed by atoms with Crippen molar-refractivity contribution in [2.75, 3.05) is 18.0 Å². The lowest BCUT2D eigenvalue weighted by Crippen LogP contribution is -2.23. The monoisotopic (exact) mass is 218 g/mol. The Morgan fingerprint density at radius 1 is 1.50 bits per heavy atom. The highest BCUT2D eigenvalue weighted by Gasteiger charge is 2.29. The van der Waals surface area contributed by atoms with Crippen LogP contribution in [-0.2, 0) is 0 Å². The van der Waals surface area contributed by atoms with Crippen LogP contribution < -0.4 is 10.6 Å². The Hall–Kier alpha value is -1.58. The molecule has 0 saturated carbocycles. The number of hydrogen-bond donors (Lipinski definition) is 2. The molecule has 1 aromatic rings. The Morgan fingerprint density at radius 3 is 2.69 bits per heavy atom. The van der Waals surface area contributed by atoms with E-state index in [0.29, 0.717) is 11.1 Å². The molecule has 2 rings (SSSR count). The van der Waals surface area contributed by atoms with Gasteiger partial charge in [0.15, 0.2) is 0 Å². The van der Waals surface area contributed by atoms with E-state index < -0.39 is 0 Å². The van der Waals surface area contributed by atoms with Gasteiger partial charge in [-0.05, 0) is 24.0 Å². The summed E-state index contributed by atoms with van der Waals surface area (Å²) in [6, 6.07) is 3.80. The molecular weight excluding hydrogens is 200 g/mol. The van der Waals surface area contributed by atoms with Gasteiger partial charge in [-0.2, -0.15) is 0 Å². The molecule has 0 aliphatic carbocycles. The largest absolute Gasteiger partial charge is 0.382 e. The summed E-state index contributed by atoms with van der Waals surface area (Å²) in [4.78, 5) is 6.51. The van der Waals surface area contributed by atoms with Crippen molar-refractivity contribution < 1.29 is 0 Å². The van der Waals surface area contributed by atoms with Crippen LogP contribution >= 0.6 is 0 Å². The molecule has 0 aromatic carbocycles. The van der Waals surface area contributed by atoms with Gasteiger partial charge < -0.3 is 10.6 Å². The van der Waals surface area contributed by atoms with E-state index in [1.807, 2.05) is 12.1 Å². The maximum atomic E-state index is 7.28. The molecule has 0 amide bonds. The fourth-order valence-corrected chi connectivity index (χ4v) is 2.07. The number of aromatic nitrogens is 1. The van der Waals surface area contributed by atoms with Gasteiger partial charge in [0.1, 0.15) is 11.5 Å². The minimum Gasteiger partial charge on any atom is -0.382 e. The summed E-state index contributed by atoms with van der Waals surface area (Å²) < 4.78 is 0. The Kier molecular flexibility index (Phi) is 2.58. The molecule has 3 N–H and O–H groups in total. The van der Waals surface area contributed by atoms with Gasteiger partial charge in [0.25, 0.3) is 0 Å². The minimum atomic E-state index is 0.0216. The zero-order valence-electron chi connectivity index (χ0n) is 9.83. The third-order valence-electron chi connectivity index (χ3n) is 3.07. The smallest absolute Gasteiger partial charge is 0.141 e. The number of nitrogens with zero attached hydrogens (tertiary/aromatic N) is 2. The maximum Gasteiger partial charge on any atom is 0.141 e. The van der Waals surface area contributed by atoms with E-state index in [4.69, 9.17) is 11.1 Å². The fourth-order valence-electron chi connectivity index (χ4n) is 2.07. The van der Waals surface area contributed by atoms with Crippen LogP contribution in [0.1, 0.15) is 26.0 Å². The second-order valence-corrected chi connectivity index (χ2v) is 5.15. The molecule has 0 spiro atoms. The highest BCUT2D eigenvalue weighted by Crippen LogP contribution is 2.31. The zero-order chi connectivity index (χ0) is 11.8. The molecular formula is C12H18N4. The van der Waals surface area contributed by atoms with Gasteiger partial charge in [0.2, 0.25) is 0 Å². The lowest BCUT2D eigenvalue weighted by molar-refractivity contribution is 0.418. The molecule has 86 valence electrons. The summed E-state index contributed by atoms with van der Waals surface area (Å²) >= 11 is 0. The van der Waals surface area contributed by atoms with E-state index in [0.717, 1.165) is 18.8 Å². The average molecular weight is 218 g/mol. The summed E-state index contributed by atoms with van der Waals surface area (Å²) in [7, 11) is 0. The second kappa shape index (κ2) is 3.77. The van der Waals surface area contributed by atoms with Gasteiger partial charge in [-0.25, -0.2) is 0 Å². The molecule has 0 atom stereocenters. The lowest BCUT2D eigenvalue weighted by atomic mass is 9.93. The third kappa shape index (κ3) is 2.15. The van der Waals surface area contributed by atoms with Gasteiger partial charge in [-0.3, -0.25) is 10.4 Å². The van der Waals surface area contributed by atoms with Crippen molar-refractivity contribution in [1.29, 1.82) is 5.41 Å². The summed E-state index contributed by atoms with van der Waals surface area (Å²) in [6.07, 6.45) is 3.01. The fraction of sp³-hybridized carbons (Fsp3) is 0.500. The number of nitrogens with one attached hydrogen (secondary N) is 1. The molecule has 1 aliphatic rings. The summed E-state index contributed by atoms with van der Waals surface area (Å²) in [5.41, 5.74) is 7.42. The highest BCUT2D eigenvalue weighted by atomic mass is 15.2. The number of pyridine rings is 1. The lowest BCUT2D eigenvalue weighted by Gasteiger charge is -2.21. The molecule has 1 aromatic heterocycles. The van der Waals surface area contributed by atoms with Gasteiger partial charge in [-0.1, -0.05) is 13.8 Å². The highest BCUT2D eigenvalue weighted by molar-refractivity contribution is 5.93. The summed E-state index contributed by atoms with van der Waals surface area (Å²) in [5.74, 6) is 0.0216. The Bertz CT molecular complexity index is 394. The molecule has 1 fully saturated rings. The standard InChI is InChI=1S/C12H18N4/c1-12(2)5-6-16(8-12)9-3-4-10(11(13)14)15-7-9/h3-4,7H,5-6,8H2,1-2H3,(H3,13,14). The Balaban J connectivity index is 2.14. The van der Waals surface area contributed by atoms with Crippen LogP contribution in [0.4, 0.5) is 5.69 Å². The topological polar surface area (TPSA) is 66.0 Å². The van der Waals surface area contributed by atoms with E-state index in [1.54, 1.807) is 6.20 Å². The first kappa shape index (κ1) is 10.9.